The molecule has 1 N–H and O–H groups in total. The molecule has 1 aromatic carbocycles. The molecule has 5 nitrogen and oxygen atoms in total. The predicted octanol–water partition coefficient (Wildman–Crippen LogP) is 2.81. The summed E-state index contributed by atoms with van der Waals surface area (Å²) in [6.07, 6.45) is 4.40. The number of piperidine rings is 1. The summed E-state index contributed by atoms with van der Waals surface area (Å²) in [7, 11) is 2.14. The van der Waals surface area contributed by atoms with Gasteiger partial charge in [-0.25, -0.2) is 0 Å². The number of halogens is 1. The van der Waals surface area contributed by atoms with E-state index in [1.54, 1.807) is 6.07 Å². The average Bonchev–Trinajstić information content (AvgIpc) is 3.40. The summed E-state index contributed by atoms with van der Waals surface area (Å²) in [5, 5.41) is 9.98. The van der Waals surface area contributed by atoms with Gasteiger partial charge in [-0.1, -0.05) is 17.7 Å². The number of carbonyl (C=O) groups excluding carboxylic acids is 1. The number of hydrogen-bond acceptors (Lipinski definition) is 4. The van der Waals surface area contributed by atoms with Gasteiger partial charge < -0.3 is 14.9 Å². The highest BCUT2D eigenvalue weighted by molar-refractivity contribution is 6.32. The summed E-state index contributed by atoms with van der Waals surface area (Å²) in [6, 6.07) is 5.45. The maximum atomic E-state index is 13.0. The van der Waals surface area contributed by atoms with Crippen molar-refractivity contribution >= 4 is 17.5 Å². The van der Waals surface area contributed by atoms with Crippen LogP contribution in [0.1, 0.15) is 31.2 Å². The number of rotatable bonds is 3. The Morgan fingerprint density at radius 1 is 1.19 bits per heavy atom. The minimum atomic E-state index is 0.136. The molecule has 0 unspecified atom stereocenters. The number of hydrogen-bond donors (Lipinski definition) is 1. The van der Waals surface area contributed by atoms with E-state index in [0.29, 0.717) is 10.9 Å². The van der Waals surface area contributed by atoms with Crippen LogP contribution in [0.5, 0.6) is 5.75 Å². The molecule has 148 valence electrons. The smallest absolute Gasteiger partial charge is 0.226 e. The molecule has 1 aliphatic carbocycles. The fraction of sp³-hybridized carbons (Fsp3) is 0.667. The van der Waals surface area contributed by atoms with Crippen molar-refractivity contribution in [3.05, 3.63) is 28.8 Å². The third-order valence-electron chi connectivity index (χ3n) is 6.79. The second-order valence-electron chi connectivity index (χ2n) is 8.66. The quantitative estimate of drug-likeness (QED) is 0.860. The number of likely N-dealkylation sites (tertiary alicyclic amines) is 1. The van der Waals surface area contributed by atoms with Crippen molar-refractivity contribution in [1.82, 2.24) is 14.7 Å². The van der Waals surface area contributed by atoms with Crippen LogP contribution in [0.3, 0.4) is 0 Å². The molecule has 3 fully saturated rings. The van der Waals surface area contributed by atoms with Crippen molar-refractivity contribution in [2.45, 2.75) is 32.2 Å². The highest BCUT2D eigenvalue weighted by Gasteiger charge is 2.59. The topological polar surface area (TPSA) is 47.0 Å². The van der Waals surface area contributed by atoms with Gasteiger partial charge in [-0.2, -0.15) is 0 Å². The highest BCUT2D eigenvalue weighted by Crippen LogP contribution is 2.60. The average molecular weight is 392 g/mol. The second-order valence-corrected chi connectivity index (χ2v) is 9.07. The number of phenolic OH excluding ortho intramolecular Hbond substituents is 1. The van der Waals surface area contributed by atoms with Gasteiger partial charge in [-0.05, 0) is 75.5 Å². The van der Waals surface area contributed by atoms with Crippen LogP contribution in [0.25, 0.3) is 0 Å². The fourth-order valence-electron chi connectivity index (χ4n) is 4.80. The molecular weight excluding hydrogens is 362 g/mol. The lowest BCUT2D eigenvalue weighted by Crippen LogP contribution is -2.39. The summed E-state index contributed by atoms with van der Waals surface area (Å²) in [5.74, 6) is 0.798. The lowest BCUT2D eigenvalue weighted by molar-refractivity contribution is -0.133. The first-order valence-electron chi connectivity index (χ1n) is 10.1. The first-order chi connectivity index (χ1) is 13.0. The largest absolute Gasteiger partial charge is 0.506 e. The van der Waals surface area contributed by atoms with Gasteiger partial charge in [0.2, 0.25) is 5.91 Å². The van der Waals surface area contributed by atoms with E-state index in [0.717, 1.165) is 77.1 Å². The molecule has 1 saturated carbocycles. The van der Waals surface area contributed by atoms with Gasteiger partial charge in [0.25, 0.3) is 0 Å². The van der Waals surface area contributed by atoms with Crippen molar-refractivity contribution in [2.24, 2.45) is 11.3 Å². The standard InChI is InChI=1S/C21H30ClN3O2/c1-23-7-2-8-25(12-11-23)20(27)17-14-21(17)5-9-24(10-6-21)15-16-3-4-19(26)18(22)13-16/h3-4,13,17,26H,2,5-12,14-15H2,1H3/t17-/m0/s1. The summed E-state index contributed by atoms with van der Waals surface area (Å²) in [5.41, 5.74) is 1.39. The van der Waals surface area contributed by atoms with Crippen molar-refractivity contribution < 1.29 is 9.90 Å². The monoisotopic (exact) mass is 391 g/mol. The zero-order valence-corrected chi connectivity index (χ0v) is 16.9. The van der Waals surface area contributed by atoms with E-state index in [-0.39, 0.29) is 17.1 Å². The van der Waals surface area contributed by atoms with Gasteiger partial charge in [0.05, 0.1) is 5.02 Å². The minimum Gasteiger partial charge on any atom is -0.506 e. The van der Waals surface area contributed by atoms with Crippen LogP contribution in [0, 0.1) is 11.3 Å². The molecule has 1 amide bonds. The SMILES string of the molecule is CN1CCCN(C(=O)[C@@H]2CC23CCN(Cc2ccc(O)c(Cl)c2)CC3)CC1. The molecule has 2 saturated heterocycles. The Labute approximate surface area is 166 Å². The molecule has 2 heterocycles. The first-order valence-corrected chi connectivity index (χ1v) is 10.5. The maximum Gasteiger partial charge on any atom is 0.226 e. The van der Waals surface area contributed by atoms with Gasteiger partial charge in [0.1, 0.15) is 5.75 Å². The van der Waals surface area contributed by atoms with Crippen LogP contribution < -0.4 is 0 Å². The summed E-state index contributed by atoms with van der Waals surface area (Å²) in [6.45, 7) is 6.81. The van der Waals surface area contributed by atoms with Crippen LogP contribution in [0.15, 0.2) is 18.2 Å². The summed E-state index contributed by atoms with van der Waals surface area (Å²) < 4.78 is 0. The number of nitrogens with zero attached hydrogens (tertiary/aromatic N) is 3. The van der Waals surface area contributed by atoms with Crippen molar-refractivity contribution in [3.8, 4) is 5.75 Å². The predicted molar refractivity (Wildman–Crippen MR) is 107 cm³/mol. The van der Waals surface area contributed by atoms with E-state index >= 15 is 0 Å². The highest BCUT2D eigenvalue weighted by atomic mass is 35.5. The molecular formula is C21H30ClN3O2. The molecule has 0 bridgehead atoms. The third-order valence-corrected chi connectivity index (χ3v) is 7.09. The Bertz CT molecular complexity index is 703. The maximum absolute atomic E-state index is 13.0. The zero-order valence-electron chi connectivity index (χ0n) is 16.2. The lowest BCUT2D eigenvalue weighted by atomic mass is 9.90. The second kappa shape index (κ2) is 7.61. The van der Waals surface area contributed by atoms with E-state index in [1.807, 2.05) is 12.1 Å². The molecule has 0 aromatic heterocycles. The van der Waals surface area contributed by atoms with Crippen LogP contribution in [-0.4, -0.2) is 72.0 Å². The molecule has 4 rings (SSSR count). The molecule has 2 aliphatic heterocycles. The number of aromatic hydroxyl groups is 1. The van der Waals surface area contributed by atoms with Gasteiger partial charge in [-0.15, -0.1) is 0 Å². The van der Waals surface area contributed by atoms with E-state index < -0.39 is 0 Å². The lowest BCUT2D eigenvalue weighted by Gasteiger charge is -2.33. The van der Waals surface area contributed by atoms with Gasteiger partial charge in [0, 0.05) is 32.1 Å². The molecule has 1 atom stereocenters. The molecule has 1 spiro atoms. The number of carbonyl (C=O) groups is 1. The van der Waals surface area contributed by atoms with Crippen molar-refractivity contribution in [1.29, 1.82) is 0 Å². The Hall–Kier alpha value is -1.30. The van der Waals surface area contributed by atoms with E-state index in [9.17, 15) is 9.90 Å². The van der Waals surface area contributed by atoms with E-state index in [2.05, 4.69) is 21.7 Å². The van der Waals surface area contributed by atoms with Crippen molar-refractivity contribution in [3.63, 3.8) is 0 Å². The van der Waals surface area contributed by atoms with Gasteiger partial charge >= 0.3 is 0 Å². The fourth-order valence-corrected chi connectivity index (χ4v) is 5.00. The Balaban J connectivity index is 1.29. The number of likely N-dealkylation sites (N-methyl/N-ethyl adjacent to an activating group) is 1. The van der Waals surface area contributed by atoms with E-state index in [1.165, 1.54) is 0 Å². The van der Waals surface area contributed by atoms with Crippen LogP contribution in [0.2, 0.25) is 5.02 Å². The first kappa shape index (κ1) is 19.0. The number of phenols is 1. The molecule has 27 heavy (non-hydrogen) atoms. The number of benzene rings is 1. The van der Waals surface area contributed by atoms with Crippen molar-refractivity contribution in [2.75, 3.05) is 46.3 Å². The molecule has 3 aliphatic rings. The summed E-state index contributed by atoms with van der Waals surface area (Å²) in [4.78, 5) is 19.9. The zero-order chi connectivity index (χ0) is 19.0. The number of amides is 1. The van der Waals surface area contributed by atoms with Gasteiger partial charge in [-0.3, -0.25) is 9.69 Å². The van der Waals surface area contributed by atoms with E-state index in [4.69, 9.17) is 11.6 Å². The summed E-state index contributed by atoms with van der Waals surface area (Å²) >= 11 is 6.02. The van der Waals surface area contributed by atoms with Gasteiger partial charge in [0.15, 0.2) is 0 Å². The molecule has 0 radical (unpaired) electrons. The third kappa shape index (κ3) is 4.10. The Kier molecular flexibility index (Phi) is 5.36. The normalized spacial score (nSPS) is 26.1. The Morgan fingerprint density at radius 3 is 2.70 bits per heavy atom. The van der Waals surface area contributed by atoms with Crippen LogP contribution in [-0.2, 0) is 11.3 Å². The van der Waals surface area contributed by atoms with Crippen LogP contribution >= 0.6 is 11.6 Å². The Morgan fingerprint density at radius 2 is 1.96 bits per heavy atom. The molecule has 6 heteroatoms. The minimum absolute atomic E-state index is 0.136. The molecule has 1 aromatic rings. The van der Waals surface area contributed by atoms with Crippen LogP contribution in [0.4, 0.5) is 0 Å².